The van der Waals surface area contributed by atoms with Crippen LogP contribution < -0.4 is 4.74 Å². The molecule has 190 valence electrons. The van der Waals surface area contributed by atoms with Gasteiger partial charge in [-0.3, -0.25) is 4.68 Å². The maximum Gasteiger partial charge on any atom is 0.337 e. The minimum atomic E-state index is -0.376. The molecule has 0 unspecified atom stereocenters. The third-order valence-electron chi connectivity index (χ3n) is 5.72. The fourth-order valence-corrected chi connectivity index (χ4v) is 4.75. The lowest BCUT2D eigenvalue weighted by Crippen LogP contribution is -2.11. The second-order valence-corrected chi connectivity index (χ2v) is 9.79. The van der Waals surface area contributed by atoms with E-state index in [9.17, 15) is 4.79 Å². The van der Waals surface area contributed by atoms with E-state index in [0.29, 0.717) is 26.4 Å². The zero-order valence-corrected chi connectivity index (χ0v) is 22.8. The van der Waals surface area contributed by atoms with E-state index >= 15 is 0 Å². The summed E-state index contributed by atoms with van der Waals surface area (Å²) in [7, 11) is 1.36. The molecule has 0 aliphatic rings. The summed E-state index contributed by atoms with van der Waals surface area (Å²) in [6, 6.07) is 18.3. The quantitative estimate of drug-likeness (QED) is 0.161. The molecule has 4 rings (SSSR count). The number of nitrogens with zero attached hydrogens (tertiary/aromatic N) is 2. The second-order valence-electron chi connectivity index (χ2n) is 8.57. The predicted octanol–water partition coefficient (Wildman–Crippen LogP) is 8.63. The molecule has 0 aliphatic heterocycles. The van der Waals surface area contributed by atoms with Gasteiger partial charge in [-0.1, -0.05) is 71.2 Å². The highest BCUT2D eigenvalue weighted by molar-refractivity contribution is 6.39. The van der Waals surface area contributed by atoms with Crippen molar-refractivity contribution in [3.05, 3.63) is 104 Å². The molecule has 1 aromatic heterocycles. The summed E-state index contributed by atoms with van der Waals surface area (Å²) in [6.45, 7) is 4.32. The first-order valence-electron chi connectivity index (χ1n) is 11.6. The molecular weight excluding hydrogens is 531 g/mol. The van der Waals surface area contributed by atoms with Crippen LogP contribution in [0, 0.1) is 0 Å². The summed E-state index contributed by atoms with van der Waals surface area (Å²) in [5.41, 5.74) is 4.62. The van der Waals surface area contributed by atoms with Crippen LogP contribution in [-0.4, -0.2) is 22.9 Å². The molecule has 3 aromatic carbocycles. The maximum atomic E-state index is 11.8. The molecule has 8 heteroatoms. The smallest absolute Gasteiger partial charge is 0.337 e. The highest BCUT2D eigenvalue weighted by Crippen LogP contribution is 2.38. The maximum absolute atomic E-state index is 11.8. The summed E-state index contributed by atoms with van der Waals surface area (Å²) in [4.78, 5) is 11.8. The zero-order chi connectivity index (χ0) is 26.5. The summed E-state index contributed by atoms with van der Waals surface area (Å²) < 4.78 is 12.8. The Hall–Kier alpha value is -3.25. The number of ether oxygens (including phenoxy) is 2. The van der Waals surface area contributed by atoms with Gasteiger partial charge in [-0.2, -0.15) is 5.10 Å². The number of benzene rings is 3. The van der Waals surface area contributed by atoms with Gasteiger partial charge in [0.05, 0.1) is 39.6 Å². The molecule has 0 N–H and O–H groups in total. The summed E-state index contributed by atoms with van der Waals surface area (Å²) in [5.74, 6) is 0.165. The number of carbonyl (C=O) groups is 1. The molecule has 0 saturated heterocycles. The molecule has 0 spiro atoms. The van der Waals surface area contributed by atoms with Gasteiger partial charge in [0, 0.05) is 17.2 Å². The number of hydrogen-bond acceptors (Lipinski definition) is 4. The lowest BCUT2D eigenvalue weighted by molar-refractivity contribution is 0.0600. The summed E-state index contributed by atoms with van der Waals surface area (Å²) in [5, 5.41) is 6.11. The van der Waals surface area contributed by atoms with Crippen molar-refractivity contribution in [2.75, 3.05) is 7.11 Å². The van der Waals surface area contributed by atoms with Crippen molar-refractivity contribution in [2.45, 2.75) is 26.5 Å². The highest BCUT2D eigenvalue weighted by Gasteiger charge is 2.20. The SMILES string of the molecule is COC(=O)c1cccc(/C=C/c2ccc(OCc3c(-c4c(Cl)cccc4Cl)cnn3C(C)C)c(Cl)c2)c1. The van der Waals surface area contributed by atoms with Crippen LogP contribution in [0.15, 0.2) is 66.9 Å². The Kier molecular flexibility index (Phi) is 8.59. The topological polar surface area (TPSA) is 53.4 Å². The van der Waals surface area contributed by atoms with E-state index in [0.717, 1.165) is 27.9 Å². The van der Waals surface area contributed by atoms with Crippen molar-refractivity contribution >= 4 is 52.9 Å². The number of esters is 1. The fourth-order valence-electron chi connectivity index (χ4n) is 3.90. The Labute approximate surface area is 231 Å². The van der Waals surface area contributed by atoms with Crippen molar-refractivity contribution in [1.82, 2.24) is 9.78 Å². The normalized spacial score (nSPS) is 11.3. The van der Waals surface area contributed by atoms with Crippen molar-refractivity contribution in [1.29, 1.82) is 0 Å². The number of rotatable bonds is 8. The largest absolute Gasteiger partial charge is 0.486 e. The number of halogens is 3. The fraction of sp³-hybridized carbons (Fsp3) is 0.172. The first-order valence-corrected chi connectivity index (χ1v) is 12.7. The molecule has 5 nitrogen and oxygen atoms in total. The van der Waals surface area contributed by atoms with Crippen LogP contribution in [0.5, 0.6) is 5.75 Å². The standard InChI is InChI=1S/C29H25Cl3N2O3/c1-18(2)34-26(22(16-33-34)28-23(30)8-5-9-24(28)31)17-37-27-13-12-20(15-25(27)32)11-10-19-6-4-7-21(14-19)29(35)36-3/h4-16,18H,17H2,1-3H3/b11-10+. The minimum Gasteiger partial charge on any atom is -0.486 e. The van der Waals surface area contributed by atoms with E-state index in [1.807, 2.05) is 67.1 Å². The lowest BCUT2D eigenvalue weighted by atomic mass is 10.1. The third kappa shape index (κ3) is 6.19. The van der Waals surface area contributed by atoms with E-state index in [1.165, 1.54) is 7.11 Å². The van der Waals surface area contributed by atoms with E-state index in [2.05, 4.69) is 5.10 Å². The molecular formula is C29H25Cl3N2O3. The van der Waals surface area contributed by atoms with Crippen LogP contribution in [-0.2, 0) is 11.3 Å². The molecule has 0 atom stereocenters. The van der Waals surface area contributed by atoms with Gasteiger partial charge >= 0.3 is 5.97 Å². The number of carbonyl (C=O) groups excluding carboxylic acids is 1. The average molecular weight is 556 g/mol. The Balaban J connectivity index is 1.55. The van der Waals surface area contributed by atoms with Crippen molar-refractivity contribution in [3.63, 3.8) is 0 Å². The number of aromatic nitrogens is 2. The average Bonchev–Trinajstić information content (AvgIpc) is 3.30. The minimum absolute atomic E-state index is 0.106. The van der Waals surface area contributed by atoms with Gasteiger partial charge < -0.3 is 9.47 Å². The van der Waals surface area contributed by atoms with Crippen LogP contribution in [0.4, 0.5) is 0 Å². The van der Waals surface area contributed by atoms with Crippen LogP contribution in [0.25, 0.3) is 23.3 Å². The molecule has 0 saturated carbocycles. The van der Waals surface area contributed by atoms with Gasteiger partial charge in [0.25, 0.3) is 0 Å². The van der Waals surface area contributed by atoms with Crippen molar-refractivity contribution in [2.24, 2.45) is 0 Å². The molecule has 1 heterocycles. The molecule has 0 fully saturated rings. The Morgan fingerprint density at radius 1 is 0.946 bits per heavy atom. The van der Waals surface area contributed by atoms with E-state index in [4.69, 9.17) is 44.3 Å². The molecule has 0 amide bonds. The Morgan fingerprint density at radius 2 is 1.62 bits per heavy atom. The lowest BCUT2D eigenvalue weighted by Gasteiger charge is -2.15. The Morgan fingerprint density at radius 3 is 2.27 bits per heavy atom. The zero-order valence-electron chi connectivity index (χ0n) is 20.5. The third-order valence-corrected chi connectivity index (χ3v) is 6.64. The molecule has 0 aliphatic carbocycles. The molecule has 37 heavy (non-hydrogen) atoms. The van der Waals surface area contributed by atoms with Crippen LogP contribution in [0.3, 0.4) is 0 Å². The van der Waals surface area contributed by atoms with Gasteiger partial charge in [-0.25, -0.2) is 4.79 Å². The van der Waals surface area contributed by atoms with E-state index < -0.39 is 0 Å². The number of hydrogen-bond donors (Lipinski definition) is 0. The highest BCUT2D eigenvalue weighted by atomic mass is 35.5. The summed E-state index contributed by atoms with van der Waals surface area (Å²) >= 11 is 19.5. The van der Waals surface area contributed by atoms with Gasteiger partial charge in [0.1, 0.15) is 12.4 Å². The first-order chi connectivity index (χ1) is 17.8. The number of methoxy groups -OCH3 is 1. The Bertz CT molecular complexity index is 1440. The van der Waals surface area contributed by atoms with Gasteiger partial charge in [-0.05, 0) is 61.4 Å². The second kappa shape index (κ2) is 11.9. The van der Waals surface area contributed by atoms with Crippen molar-refractivity contribution in [3.8, 4) is 16.9 Å². The van der Waals surface area contributed by atoms with Crippen molar-refractivity contribution < 1.29 is 14.3 Å². The van der Waals surface area contributed by atoms with Gasteiger partial charge in [-0.15, -0.1) is 0 Å². The molecule has 0 bridgehead atoms. The monoisotopic (exact) mass is 554 g/mol. The summed E-state index contributed by atoms with van der Waals surface area (Å²) in [6.07, 6.45) is 5.58. The van der Waals surface area contributed by atoms with E-state index in [-0.39, 0.29) is 18.6 Å². The predicted molar refractivity (Wildman–Crippen MR) is 151 cm³/mol. The molecule has 0 radical (unpaired) electrons. The van der Waals surface area contributed by atoms with Crippen LogP contribution >= 0.6 is 34.8 Å². The van der Waals surface area contributed by atoms with E-state index in [1.54, 1.807) is 30.5 Å². The van der Waals surface area contributed by atoms with Crippen LogP contribution in [0.1, 0.15) is 47.1 Å². The first kappa shape index (κ1) is 26.8. The van der Waals surface area contributed by atoms with Gasteiger partial charge in [0.15, 0.2) is 0 Å². The van der Waals surface area contributed by atoms with Crippen LogP contribution in [0.2, 0.25) is 15.1 Å². The van der Waals surface area contributed by atoms with Gasteiger partial charge in [0.2, 0.25) is 0 Å². The molecule has 4 aromatic rings.